The minimum absolute atomic E-state index is 0.110. The Balaban J connectivity index is 2.17. The number of aromatic nitrogens is 1. The van der Waals surface area contributed by atoms with Crippen LogP contribution in [0.4, 0.5) is 0 Å². The molecule has 146 valence electrons. The van der Waals surface area contributed by atoms with Gasteiger partial charge in [0.15, 0.2) is 0 Å². The molecule has 0 aliphatic rings. The molecule has 1 heterocycles. The minimum Gasteiger partial charge on any atom is -0.348 e. The summed E-state index contributed by atoms with van der Waals surface area (Å²) in [6.07, 6.45) is 1.60. The summed E-state index contributed by atoms with van der Waals surface area (Å²) in [5.74, 6) is 0.593. The van der Waals surface area contributed by atoms with Gasteiger partial charge in [0.05, 0.1) is 9.92 Å². The van der Waals surface area contributed by atoms with Crippen LogP contribution in [-0.4, -0.2) is 30.6 Å². The van der Waals surface area contributed by atoms with Crippen molar-refractivity contribution in [3.8, 4) is 0 Å². The molecule has 2 N–H and O–H groups in total. The summed E-state index contributed by atoms with van der Waals surface area (Å²) in [4.78, 5) is 16.8. The molecule has 0 unspecified atom stereocenters. The van der Waals surface area contributed by atoms with Crippen LogP contribution in [0.2, 0.25) is 0 Å². The normalized spacial score (nSPS) is 12.0. The predicted molar refractivity (Wildman–Crippen MR) is 108 cm³/mol. The smallest absolute Gasteiger partial charge is 0.251 e. The summed E-state index contributed by atoms with van der Waals surface area (Å²) in [6, 6.07) is 10.0. The Labute approximate surface area is 165 Å². The van der Waals surface area contributed by atoms with Gasteiger partial charge in [-0.25, -0.2) is 18.1 Å². The molecule has 0 saturated heterocycles. The van der Waals surface area contributed by atoms with E-state index >= 15 is 0 Å². The molecule has 27 heavy (non-hydrogen) atoms. The second-order valence-corrected chi connectivity index (χ2v) is 9.90. The van der Waals surface area contributed by atoms with Crippen molar-refractivity contribution in [1.29, 1.82) is 0 Å². The maximum Gasteiger partial charge on any atom is 0.251 e. The first-order chi connectivity index (χ1) is 12.6. The molecule has 0 spiro atoms. The molecular weight excluding hydrogens is 382 g/mol. The van der Waals surface area contributed by atoms with Crippen molar-refractivity contribution in [2.45, 2.75) is 49.7 Å². The predicted octanol–water partition coefficient (Wildman–Crippen LogP) is 3.20. The molecule has 8 heteroatoms. The Hall–Kier alpha value is -1.90. The zero-order valence-electron chi connectivity index (χ0n) is 15.9. The summed E-state index contributed by atoms with van der Waals surface area (Å²) in [5.41, 5.74) is 0.425. The van der Waals surface area contributed by atoms with Gasteiger partial charge < -0.3 is 5.32 Å². The highest BCUT2D eigenvalue weighted by Gasteiger charge is 2.24. The number of rotatable bonds is 7. The standard InChI is InChI=1S/C19H25N3O3S2/c1-5-26-17-12-14(10-11-20-17)18(23)21-13-15-8-6-7-9-16(15)27(24,25)22-19(2,3)4/h6-12,22H,5,13H2,1-4H3,(H,21,23). The van der Waals surface area contributed by atoms with Crippen molar-refractivity contribution >= 4 is 27.7 Å². The Morgan fingerprint density at radius 1 is 1.19 bits per heavy atom. The number of pyridine rings is 1. The van der Waals surface area contributed by atoms with Crippen LogP contribution < -0.4 is 10.0 Å². The fourth-order valence-electron chi connectivity index (χ4n) is 2.43. The highest BCUT2D eigenvalue weighted by Crippen LogP contribution is 2.19. The van der Waals surface area contributed by atoms with E-state index in [1.54, 1.807) is 69.1 Å². The van der Waals surface area contributed by atoms with Gasteiger partial charge in [-0.2, -0.15) is 0 Å². The first-order valence-corrected chi connectivity index (χ1v) is 11.1. The van der Waals surface area contributed by atoms with Crippen molar-refractivity contribution < 1.29 is 13.2 Å². The van der Waals surface area contributed by atoms with Gasteiger partial charge >= 0.3 is 0 Å². The molecule has 1 amide bonds. The van der Waals surface area contributed by atoms with E-state index in [-0.39, 0.29) is 17.3 Å². The zero-order chi connectivity index (χ0) is 20.1. The molecule has 0 radical (unpaired) electrons. The van der Waals surface area contributed by atoms with E-state index in [0.29, 0.717) is 11.1 Å². The second kappa shape index (κ2) is 8.86. The van der Waals surface area contributed by atoms with Crippen LogP contribution >= 0.6 is 11.8 Å². The van der Waals surface area contributed by atoms with Crippen LogP contribution in [0.25, 0.3) is 0 Å². The molecule has 1 aromatic heterocycles. The summed E-state index contributed by atoms with van der Waals surface area (Å²) in [7, 11) is -3.69. The average molecular weight is 408 g/mol. The van der Waals surface area contributed by atoms with E-state index in [4.69, 9.17) is 0 Å². The molecule has 0 atom stereocenters. The zero-order valence-corrected chi connectivity index (χ0v) is 17.6. The van der Waals surface area contributed by atoms with E-state index in [1.165, 1.54) is 6.07 Å². The lowest BCUT2D eigenvalue weighted by Gasteiger charge is -2.21. The van der Waals surface area contributed by atoms with Gasteiger partial charge in [-0.15, -0.1) is 11.8 Å². The highest BCUT2D eigenvalue weighted by atomic mass is 32.2. The van der Waals surface area contributed by atoms with Gasteiger partial charge in [0, 0.05) is 23.8 Å². The van der Waals surface area contributed by atoms with Gasteiger partial charge in [-0.1, -0.05) is 25.1 Å². The molecule has 0 aliphatic carbocycles. The van der Waals surface area contributed by atoms with Gasteiger partial charge in [0.1, 0.15) is 0 Å². The SMILES string of the molecule is CCSc1cc(C(=O)NCc2ccccc2S(=O)(=O)NC(C)(C)C)ccn1. The molecule has 6 nitrogen and oxygen atoms in total. The second-order valence-electron chi connectivity index (χ2n) is 6.96. The summed E-state index contributed by atoms with van der Waals surface area (Å²) in [5, 5.41) is 3.57. The number of hydrogen-bond acceptors (Lipinski definition) is 5. The molecule has 2 aromatic rings. The van der Waals surface area contributed by atoms with E-state index in [2.05, 4.69) is 15.0 Å². The average Bonchev–Trinajstić information content (AvgIpc) is 2.58. The number of carbonyl (C=O) groups excluding carboxylic acids is 1. The van der Waals surface area contributed by atoms with Crippen molar-refractivity contribution in [2.24, 2.45) is 0 Å². The molecule has 2 rings (SSSR count). The largest absolute Gasteiger partial charge is 0.348 e. The number of benzene rings is 1. The van der Waals surface area contributed by atoms with E-state index < -0.39 is 15.6 Å². The number of sulfonamides is 1. The Bertz CT molecular complexity index is 906. The fraction of sp³-hybridized carbons (Fsp3) is 0.368. The number of amides is 1. The monoisotopic (exact) mass is 407 g/mol. The van der Waals surface area contributed by atoms with Crippen LogP contribution in [0.15, 0.2) is 52.5 Å². The molecule has 0 saturated carbocycles. The van der Waals surface area contributed by atoms with Gasteiger partial charge in [0.25, 0.3) is 5.91 Å². The fourth-order valence-corrected chi connectivity index (χ4v) is 4.73. The maximum absolute atomic E-state index is 12.7. The van der Waals surface area contributed by atoms with E-state index in [9.17, 15) is 13.2 Å². The molecule has 0 fully saturated rings. The molecule has 1 aromatic carbocycles. The minimum atomic E-state index is -3.69. The summed E-state index contributed by atoms with van der Waals surface area (Å²) in [6.45, 7) is 7.47. The number of thioether (sulfide) groups is 1. The van der Waals surface area contributed by atoms with Crippen LogP contribution in [0.3, 0.4) is 0 Å². The van der Waals surface area contributed by atoms with E-state index in [0.717, 1.165) is 10.8 Å². The third-order valence-electron chi connectivity index (χ3n) is 3.43. The Morgan fingerprint density at radius 2 is 1.89 bits per heavy atom. The molecular formula is C19H25N3O3S2. The number of carbonyl (C=O) groups is 1. The third-order valence-corrected chi connectivity index (χ3v) is 6.10. The summed E-state index contributed by atoms with van der Waals surface area (Å²) >= 11 is 1.55. The van der Waals surface area contributed by atoms with Crippen LogP contribution in [0.5, 0.6) is 0 Å². The van der Waals surface area contributed by atoms with E-state index in [1.807, 2.05) is 6.92 Å². The van der Waals surface area contributed by atoms with Crippen molar-refractivity contribution in [3.63, 3.8) is 0 Å². The van der Waals surface area contributed by atoms with Crippen molar-refractivity contribution in [2.75, 3.05) is 5.75 Å². The first kappa shape index (κ1) is 21.4. The Morgan fingerprint density at radius 3 is 2.56 bits per heavy atom. The van der Waals surface area contributed by atoms with Crippen molar-refractivity contribution in [3.05, 3.63) is 53.7 Å². The summed E-state index contributed by atoms with van der Waals surface area (Å²) < 4.78 is 28.0. The topological polar surface area (TPSA) is 88.2 Å². The van der Waals surface area contributed by atoms with Crippen LogP contribution in [0, 0.1) is 0 Å². The van der Waals surface area contributed by atoms with Gasteiger partial charge in [-0.3, -0.25) is 4.79 Å². The van der Waals surface area contributed by atoms with Gasteiger partial charge in [-0.05, 0) is 50.3 Å². The van der Waals surface area contributed by atoms with Crippen LogP contribution in [0.1, 0.15) is 43.6 Å². The first-order valence-electron chi connectivity index (χ1n) is 8.61. The van der Waals surface area contributed by atoms with Crippen molar-refractivity contribution in [1.82, 2.24) is 15.0 Å². The maximum atomic E-state index is 12.7. The lowest BCUT2D eigenvalue weighted by molar-refractivity contribution is 0.0950. The lowest BCUT2D eigenvalue weighted by atomic mass is 10.1. The number of nitrogens with zero attached hydrogens (tertiary/aromatic N) is 1. The quantitative estimate of drug-likeness (QED) is 0.688. The Kier molecular flexibility index (Phi) is 7.02. The number of hydrogen-bond donors (Lipinski definition) is 2. The third kappa shape index (κ3) is 6.34. The highest BCUT2D eigenvalue weighted by molar-refractivity contribution is 7.99. The lowest BCUT2D eigenvalue weighted by Crippen LogP contribution is -2.41. The molecule has 0 bridgehead atoms. The number of nitrogens with one attached hydrogen (secondary N) is 2. The van der Waals surface area contributed by atoms with Gasteiger partial charge in [0.2, 0.25) is 10.0 Å². The molecule has 0 aliphatic heterocycles. The van der Waals surface area contributed by atoms with Crippen LogP contribution in [-0.2, 0) is 16.6 Å².